The number of benzene rings is 1. The van der Waals surface area contributed by atoms with Crippen LogP contribution in [0.5, 0.6) is 11.5 Å². The zero-order valence-corrected chi connectivity index (χ0v) is 12.3. The van der Waals surface area contributed by atoms with E-state index in [1.807, 2.05) is 0 Å². The van der Waals surface area contributed by atoms with E-state index < -0.39 is 16.0 Å². The summed E-state index contributed by atoms with van der Waals surface area (Å²) >= 11 is 0. The van der Waals surface area contributed by atoms with Crippen molar-refractivity contribution in [1.29, 1.82) is 0 Å². The van der Waals surface area contributed by atoms with E-state index in [1.54, 1.807) is 0 Å². The van der Waals surface area contributed by atoms with Crippen LogP contribution in [0.25, 0.3) is 0 Å². The summed E-state index contributed by atoms with van der Waals surface area (Å²) in [7, 11) is 0.425. The number of sulfonamides is 1. The first-order valence-electron chi connectivity index (χ1n) is 5.73. The van der Waals surface area contributed by atoms with E-state index in [2.05, 4.69) is 0 Å². The first kappa shape index (κ1) is 16.3. The van der Waals surface area contributed by atoms with Crippen molar-refractivity contribution in [2.75, 3.05) is 27.8 Å². The van der Waals surface area contributed by atoms with E-state index in [-0.39, 0.29) is 17.9 Å². The van der Waals surface area contributed by atoms with Crippen LogP contribution in [0.4, 0.5) is 0 Å². The lowest BCUT2D eigenvalue weighted by Gasteiger charge is -2.17. The Kier molecular flexibility index (Phi) is 5.34. The summed E-state index contributed by atoms with van der Waals surface area (Å²) < 4.78 is 35.6. The summed E-state index contributed by atoms with van der Waals surface area (Å²) in [5.41, 5.74) is 0. The molecule has 1 N–H and O–H groups in total. The number of methoxy groups -OCH3 is 2. The van der Waals surface area contributed by atoms with E-state index in [4.69, 9.17) is 14.6 Å². The van der Waals surface area contributed by atoms with Gasteiger partial charge in [-0.2, -0.15) is 0 Å². The molecule has 0 radical (unpaired) electrons. The van der Waals surface area contributed by atoms with Crippen LogP contribution in [-0.4, -0.2) is 51.6 Å². The van der Waals surface area contributed by atoms with Crippen LogP contribution in [0.2, 0.25) is 0 Å². The Balaban J connectivity index is 3.06. The highest BCUT2D eigenvalue weighted by molar-refractivity contribution is 7.89. The fourth-order valence-electron chi connectivity index (χ4n) is 1.53. The summed E-state index contributed by atoms with van der Waals surface area (Å²) in [6, 6.07) is 4.20. The van der Waals surface area contributed by atoms with E-state index in [0.29, 0.717) is 11.5 Å². The molecule has 1 aromatic rings. The molecule has 0 heterocycles. The van der Waals surface area contributed by atoms with Crippen molar-refractivity contribution in [2.24, 2.45) is 0 Å². The maximum atomic E-state index is 12.2. The summed E-state index contributed by atoms with van der Waals surface area (Å²) in [5, 5.41) is 8.59. The van der Waals surface area contributed by atoms with Gasteiger partial charge in [-0.3, -0.25) is 4.79 Å². The van der Waals surface area contributed by atoms with Crippen molar-refractivity contribution in [3.63, 3.8) is 0 Å². The monoisotopic (exact) mass is 303 g/mol. The van der Waals surface area contributed by atoms with Crippen molar-refractivity contribution in [2.45, 2.75) is 11.3 Å². The molecule has 7 nitrogen and oxygen atoms in total. The summed E-state index contributed by atoms with van der Waals surface area (Å²) in [6.07, 6.45) is -0.261. The highest BCUT2D eigenvalue weighted by atomic mass is 32.2. The van der Waals surface area contributed by atoms with Crippen LogP contribution < -0.4 is 9.47 Å². The molecule has 0 aliphatic rings. The van der Waals surface area contributed by atoms with Crippen LogP contribution in [0.15, 0.2) is 23.1 Å². The van der Waals surface area contributed by atoms with Crippen molar-refractivity contribution < 1.29 is 27.8 Å². The largest absolute Gasteiger partial charge is 0.493 e. The van der Waals surface area contributed by atoms with E-state index >= 15 is 0 Å². The van der Waals surface area contributed by atoms with E-state index in [0.717, 1.165) is 4.31 Å². The number of carboxylic acid groups (broad SMARTS) is 1. The lowest BCUT2D eigenvalue weighted by Crippen LogP contribution is -2.29. The summed E-state index contributed by atoms with van der Waals surface area (Å²) in [6.45, 7) is -0.105. The first-order valence-corrected chi connectivity index (χ1v) is 7.17. The fourth-order valence-corrected chi connectivity index (χ4v) is 2.72. The highest BCUT2D eigenvalue weighted by Crippen LogP contribution is 2.30. The van der Waals surface area contributed by atoms with Crippen molar-refractivity contribution in [3.05, 3.63) is 18.2 Å². The number of aliphatic carboxylic acids is 1. The zero-order chi connectivity index (χ0) is 15.3. The second-order valence-electron chi connectivity index (χ2n) is 3.99. The van der Waals surface area contributed by atoms with Crippen LogP contribution >= 0.6 is 0 Å². The van der Waals surface area contributed by atoms with Crippen LogP contribution in [0, 0.1) is 0 Å². The minimum absolute atomic E-state index is 0.0167. The van der Waals surface area contributed by atoms with Crippen molar-refractivity contribution in [1.82, 2.24) is 4.31 Å². The van der Waals surface area contributed by atoms with E-state index in [9.17, 15) is 13.2 Å². The Bertz CT molecular complexity index is 584. The second-order valence-corrected chi connectivity index (χ2v) is 6.03. The molecule has 1 rings (SSSR count). The molecule has 0 unspecified atom stereocenters. The van der Waals surface area contributed by atoms with Gasteiger partial charge < -0.3 is 14.6 Å². The number of ether oxygens (including phenoxy) is 2. The molecule has 0 saturated heterocycles. The second kappa shape index (κ2) is 6.58. The third kappa shape index (κ3) is 3.61. The molecule has 0 aliphatic heterocycles. The smallest absolute Gasteiger partial charge is 0.304 e. The summed E-state index contributed by atoms with van der Waals surface area (Å²) in [5.74, 6) is -0.348. The van der Waals surface area contributed by atoms with Gasteiger partial charge in [-0.1, -0.05) is 0 Å². The van der Waals surface area contributed by atoms with Crippen molar-refractivity contribution in [3.8, 4) is 11.5 Å². The Labute approximate surface area is 117 Å². The SMILES string of the molecule is COc1ccc(S(=O)(=O)N(C)CCC(=O)O)cc1OC. The lowest BCUT2D eigenvalue weighted by atomic mass is 10.3. The van der Waals surface area contributed by atoms with E-state index in [1.165, 1.54) is 39.5 Å². The van der Waals surface area contributed by atoms with Crippen molar-refractivity contribution >= 4 is 16.0 Å². The molecular weight excluding hydrogens is 286 g/mol. The van der Waals surface area contributed by atoms with Gasteiger partial charge in [-0.15, -0.1) is 0 Å². The van der Waals surface area contributed by atoms with Gasteiger partial charge in [0.15, 0.2) is 11.5 Å². The molecule has 0 amide bonds. The predicted octanol–water partition coefficient (Wildman–Crippen LogP) is 0.799. The molecule has 0 spiro atoms. The maximum absolute atomic E-state index is 12.2. The highest BCUT2D eigenvalue weighted by Gasteiger charge is 2.22. The third-order valence-electron chi connectivity index (χ3n) is 2.70. The Morgan fingerprint density at radius 1 is 1.25 bits per heavy atom. The number of hydrogen-bond acceptors (Lipinski definition) is 5. The zero-order valence-electron chi connectivity index (χ0n) is 11.5. The van der Waals surface area contributed by atoms with Gasteiger partial charge in [0, 0.05) is 19.7 Å². The quantitative estimate of drug-likeness (QED) is 0.801. The first-order chi connectivity index (χ1) is 9.32. The molecule has 8 heteroatoms. The molecule has 1 aromatic carbocycles. The molecule has 0 aromatic heterocycles. The topological polar surface area (TPSA) is 93.1 Å². The number of carbonyl (C=O) groups is 1. The standard InChI is InChI=1S/C12H17NO6S/c1-13(7-6-12(14)15)20(16,17)9-4-5-10(18-2)11(8-9)19-3/h4-5,8H,6-7H2,1-3H3,(H,14,15). The molecule has 0 aliphatic carbocycles. The molecule has 0 bridgehead atoms. The van der Waals surface area contributed by atoms with Gasteiger partial charge in [-0.25, -0.2) is 12.7 Å². The number of nitrogens with zero attached hydrogens (tertiary/aromatic N) is 1. The fraction of sp³-hybridized carbons (Fsp3) is 0.417. The van der Waals surface area contributed by atoms with Gasteiger partial charge in [-0.05, 0) is 12.1 Å². The normalized spacial score (nSPS) is 11.4. The van der Waals surface area contributed by atoms with Gasteiger partial charge in [0.2, 0.25) is 10.0 Å². The molecule has 112 valence electrons. The minimum Gasteiger partial charge on any atom is -0.493 e. The Morgan fingerprint density at radius 3 is 2.35 bits per heavy atom. The molecule has 0 atom stereocenters. The van der Waals surface area contributed by atoms with Gasteiger partial charge in [0.05, 0.1) is 25.5 Å². The summed E-state index contributed by atoms with van der Waals surface area (Å²) in [4.78, 5) is 10.5. The average Bonchev–Trinajstić information content (AvgIpc) is 2.43. The molecule has 0 fully saturated rings. The Hall–Kier alpha value is -1.80. The molecular formula is C12H17NO6S. The minimum atomic E-state index is -3.76. The van der Waals surface area contributed by atoms with Crippen LogP contribution in [0.1, 0.15) is 6.42 Å². The Morgan fingerprint density at radius 2 is 1.85 bits per heavy atom. The van der Waals surface area contributed by atoms with Gasteiger partial charge in [0.25, 0.3) is 0 Å². The number of rotatable bonds is 7. The van der Waals surface area contributed by atoms with Gasteiger partial charge >= 0.3 is 5.97 Å². The molecule has 0 saturated carbocycles. The van der Waals surface area contributed by atoms with Crippen LogP contribution in [0.3, 0.4) is 0 Å². The lowest BCUT2D eigenvalue weighted by molar-refractivity contribution is -0.137. The maximum Gasteiger partial charge on any atom is 0.304 e. The number of hydrogen-bond donors (Lipinski definition) is 1. The number of carboxylic acids is 1. The van der Waals surface area contributed by atoms with Gasteiger partial charge in [0.1, 0.15) is 0 Å². The average molecular weight is 303 g/mol. The third-order valence-corrected chi connectivity index (χ3v) is 4.56. The van der Waals surface area contributed by atoms with Crippen LogP contribution in [-0.2, 0) is 14.8 Å². The predicted molar refractivity (Wildman–Crippen MR) is 71.6 cm³/mol. The molecule has 20 heavy (non-hydrogen) atoms.